The Morgan fingerprint density at radius 3 is 1.93 bits per heavy atom. The number of hydrogen-bond donors (Lipinski definition) is 0. The number of methoxy groups -OCH3 is 1. The molecule has 1 aliphatic rings. The predicted octanol–water partition coefficient (Wildman–Crippen LogP) is 8.39. The summed E-state index contributed by atoms with van der Waals surface area (Å²) in [6, 6.07) is 21.3. The Kier molecular flexibility index (Phi) is 11.9. The SMILES string of the molecule is C=C(C)C(=O)OCCC1CCC(c2ccc(-c3cc(-c4ccc(OC(=O)C(=C)C)cc4)ccc3OC(=O)C(=C)COC)cc2)CC1. The quantitative estimate of drug-likeness (QED) is 0.107. The Balaban J connectivity index is 1.51. The minimum Gasteiger partial charge on any atom is -0.462 e. The number of esters is 3. The van der Waals surface area contributed by atoms with E-state index in [0.29, 0.717) is 41.1 Å². The molecule has 0 unspecified atom stereocenters. The summed E-state index contributed by atoms with van der Waals surface area (Å²) in [6.07, 6.45) is 5.22. The van der Waals surface area contributed by atoms with Crippen LogP contribution in [0.4, 0.5) is 0 Å². The van der Waals surface area contributed by atoms with Gasteiger partial charge in [0.2, 0.25) is 0 Å². The van der Waals surface area contributed by atoms with E-state index in [2.05, 4.69) is 44.0 Å². The minimum absolute atomic E-state index is 0.0745. The summed E-state index contributed by atoms with van der Waals surface area (Å²) in [4.78, 5) is 36.3. The van der Waals surface area contributed by atoms with Crippen LogP contribution in [0.3, 0.4) is 0 Å². The number of hydrogen-bond acceptors (Lipinski definition) is 7. The van der Waals surface area contributed by atoms with Gasteiger partial charge in [-0.2, -0.15) is 0 Å². The molecule has 0 aliphatic heterocycles. The molecule has 46 heavy (non-hydrogen) atoms. The average molecular weight is 623 g/mol. The average Bonchev–Trinajstić information content (AvgIpc) is 3.05. The summed E-state index contributed by atoms with van der Waals surface area (Å²) >= 11 is 0. The Hall–Kier alpha value is -4.75. The third kappa shape index (κ3) is 9.14. The highest BCUT2D eigenvalue weighted by molar-refractivity contribution is 5.92. The van der Waals surface area contributed by atoms with Crippen molar-refractivity contribution in [3.63, 3.8) is 0 Å². The Labute approximate surface area is 271 Å². The van der Waals surface area contributed by atoms with E-state index in [9.17, 15) is 14.4 Å². The van der Waals surface area contributed by atoms with Gasteiger partial charge in [-0.3, -0.25) is 0 Å². The topological polar surface area (TPSA) is 88.1 Å². The molecule has 240 valence electrons. The van der Waals surface area contributed by atoms with Crippen LogP contribution in [0.1, 0.15) is 57.4 Å². The van der Waals surface area contributed by atoms with E-state index < -0.39 is 11.9 Å². The second-order valence-electron chi connectivity index (χ2n) is 11.9. The van der Waals surface area contributed by atoms with Crippen molar-refractivity contribution in [1.29, 1.82) is 0 Å². The third-order valence-electron chi connectivity index (χ3n) is 8.18. The molecule has 7 heteroatoms. The highest BCUT2D eigenvalue weighted by Crippen LogP contribution is 2.39. The first-order valence-electron chi connectivity index (χ1n) is 15.5. The van der Waals surface area contributed by atoms with E-state index in [-0.39, 0.29) is 18.1 Å². The van der Waals surface area contributed by atoms with Crippen LogP contribution in [0.25, 0.3) is 22.3 Å². The Bertz CT molecular complexity index is 1590. The molecular formula is C39H42O7. The lowest BCUT2D eigenvalue weighted by Gasteiger charge is -2.29. The fourth-order valence-corrected chi connectivity index (χ4v) is 5.50. The second-order valence-corrected chi connectivity index (χ2v) is 11.9. The van der Waals surface area contributed by atoms with Crippen LogP contribution in [0, 0.1) is 5.92 Å². The summed E-state index contributed by atoms with van der Waals surface area (Å²) in [5.41, 5.74) is 5.72. The summed E-state index contributed by atoms with van der Waals surface area (Å²) in [5.74, 6) is 0.497. The van der Waals surface area contributed by atoms with Crippen molar-refractivity contribution < 1.29 is 33.3 Å². The molecule has 1 aliphatic carbocycles. The van der Waals surface area contributed by atoms with E-state index >= 15 is 0 Å². The summed E-state index contributed by atoms with van der Waals surface area (Å²) < 4.78 is 21.5. The van der Waals surface area contributed by atoms with Crippen LogP contribution in [0.5, 0.6) is 11.5 Å². The molecule has 1 saturated carbocycles. The van der Waals surface area contributed by atoms with Crippen molar-refractivity contribution in [3.05, 3.63) is 109 Å². The molecule has 0 bridgehead atoms. The van der Waals surface area contributed by atoms with Gasteiger partial charge in [0.05, 0.1) is 18.8 Å². The van der Waals surface area contributed by atoms with Crippen molar-refractivity contribution in [1.82, 2.24) is 0 Å². The molecule has 0 radical (unpaired) electrons. The van der Waals surface area contributed by atoms with Crippen molar-refractivity contribution in [2.45, 2.75) is 51.9 Å². The number of carbonyl (C=O) groups is 3. The van der Waals surface area contributed by atoms with Crippen LogP contribution in [-0.4, -0.2) is 38.2 Å². The lowest BCUT2D eigenvalue weighted by atomic mass is 9.77. The normalized spacial score (nSPS) is 15.8. The maximum atomic E-state index is 12.8. The van der Waals surface area contributed by atoms with Gasteiger partial charge in [0.25, 0.3) is 0 Å². The van der Waals surface area contributed by atoms with Crippen LogP contribution in [0.2, 0.25) is 0 Å². The minimum atomic E-state index is -0.553. The monoisotopic (exact) mass is 622 g/mol. The zero-order valence-corrected chi connectivity index (χ0v) is 26.9. The maximum Gasteiger partial charge on any atom is 0.341 e. The highest BCUT2D eigenvalue weighted by Gasteiger charge is 2.23. The molecule has 0 atom stereocenters. The fraction of sp³-hybridized carbons (Fsp3) is 0.308. The van der Waals surface area contributed by atoms with Crippen molar-refractivity contribution in [2.24, 2.45) is 5.92 Å². The van der Waals surface area contributed by atoms with Crippen LogP contribution >= 0.6 is 0 Å². The van der Waals surface area contributed by atoms with Gasteiger partial charge >= 0.3 is 17.9 Å². The van der Waals surface area contributed by atoms with Crippen LogP contribution in [-0.2, 0) is 23.9 Å². The first kappa shape index (κ1) is 34.1. The molecule has 0 heterocycles. The van der Waals surface area contributed by atoms with Crippen molar-refractivity contribution in [3.8, 4) is 33.8 Å². The molecule has 0 amide bonds. The van der Waals surface area contributed by atoms with Gasteiger partial charge in [-0.15, -0.1) is 0 Å². The molecule has 3 aromatic rings. The van der Waals surface area contributed by atoms with E-state index in [0.717, 1.165) is 54.4 Å². The molecule has 0 saturated heterocycles. The molecule has 0 spiro atoms. The predicted molar refractivity (Wildman–Crippen MR) is 180 cm³/mol. The molecule has 4 rings (SSSR count). The summed E-state index contributed by atoms with van der Waals surface area (Å²) in [7, 11) is 1.50. The molecule has 1 fully saturated rings. The van der Waals surface area contributed by atoms with Crippen LogP contribution in [0.15, 0.2) is 103 Å². The highest BCUT2D eigenvalue weighted by atomic mass is 16.5. The van der Waals surface area contributed by atoms with Gasteiger partial charge in [-0.05, 0) is 104 Å². The van der Waals surface area contributed by atoms with E-state index in [1.54, 1.807) is 32.0 Å². The second kappa shape index (κ2) is 16.0. The van der Waals surface area contributed by atoms with Crippen LogP contribution < -0.4 is 9.47 Å². The first-order valence-corrected chi connectivity index (χ1v) is 15.5. The molecule has 0 N–H and O–H groups in total. The zero-order chi connectivity index (χ0) is 33.2. The maximum absolute atomic E-state index is 12.8. The smallest absolute Gasteiger partial charge is 0.341 e. The molecule has 7 nitrogen and oxygen atoms in total. The molecule has 0 aromatic heterocycles. The van der Waals surface area contributed by atoms with Gasteiger partial charge in [-0.1, -0.05) is 62.2 Å². The Morgan fingerprint density at radius 2 is 1.33 bits per heavy atom. The van der Waals surface area contributed by atoms with Gasteiger partial charge < -0.3 is 18.9 Å². The molecular weight excluding hydrogens is 580 g/mol. The number of ether oxygens (including phenoxy) is 4. The number of benzene rings is 3. The van der Waals surface area contributed by atoms with Gasteiger partial charge in [-0.25, -0.2) is 14.4 Å². The van der Waals surface area contributed by atoms with Gasteiger partial charge in [0, 0.05) is 23.8 Å². The lowest BCUT2D eigenvalue weighted by molar-refractivity contribution is -0.139. The van der Waals surface area contributed by atoms with E-state index in [1.165, 1.54) is 12.7 Å². The zero-order valence-electron chi connectivity index (χ0n) is 26.9. The van der Waals surface area contributed by atoms with Gasteiger partial charge in [0.15, 0.2) is 0 Å². The van der Waals surface area contributed by atoms with E-state index in [4.69, 9.17) is 18.9 Å². The first-order chi connectivity index (χ1) is 22.0. The number of carbonyl (C=O) groups excluding carboxylic acids is 3. The largest absolute Gasteiger partial charge is 0.462 e. The Morgan fingerprint density at radius 1 is 0.717 bits per heavy atom. The van der Waals surface area contributed by atoms with E-state index in [1.807, 2.05) is 24.3 Å². The summed E-state index contributed by atoms with van der Waals surface area (Å²) in [5, 5.41) is 0. The third-order valence-corrected chi connectivity index (χ3v) is 8.18. The number of rotatable bonds is 13. The summed E-state index contributed by atoms with van der Waals surface area (Å²) in [6.45, 7) is 14.8. The standard InChI is InChI=1S/C39H42O7/c1-25(2)37(40)44-22-21-28-7-9-29(10-8-28)30-11-13-32(14-12-30)35-23-33(17-20-36(35)46-39(42)27(5)24-43-6)31-15-18-34(19-16-31)45-38(41)26(3)4/h11-20,23,28-29H,1,3,5,7-10,21-22,24H2,2,4,6H3. The van der Waals surface area contributed by atoms with Gasteiger partial charge in [0.1, 0.15) is 11.5 Å². The molecule has 3 aromatic carbocycles. The van der Waals surface area contributed by atoms with Crippen molar-refractivity contribution >= 4 is 17.9 Å². The lowest BCUT2D eigenvalue weighted by Crippen LogP contribution is -2.16. The fourth-order valence-electron chi connectivity index (χ4n) is 5.50. The van der Waals surface area contributed by atoms with Crippen molar-refractivity contribution in [2.75, 3.05) is 20.3 Å².